The second kappa shape index (κ2) is 9.21. The monoisotopic (exact) mass is 437 g/mol. The minimum atomic E-state index is -1.01. The molecule has 168 valence electrons. The average Bonchev–Trinajstić information content (AvgIpc) is 3.01. The Morgan fingerprint density at radius 2 is 1.59 bits per heavy atom. The van der Waals surface area contributed by atoms with E-state index in [-0.39, 0.29) is 41.0 Å². The number of para-hydroxylation sites is 1. The molecule has 2 amide bonds. The fraction of sp³-hybridized carbons (Fsp3) is 0.333. The lowest BCUT2D eigenvalue weighted by atomic mass is 9.92. The molecule has 2 aromatic carbocycles. The third-order valence-corrected chi connectivity index (χ3v) is 5.24. The number of nitrogens with two attached hydrogens (primary N) is 1. The van der Waals surface area contributed by atoms with Gasteiger partial charge in [-0.05, 0) is 36.0 Å². The molecule has 0 unspecified atom stereocenters. The standard InChI is InChI=1S/C24H27N3O5/c1-6-31-24(30)32-26-21(25)17-11-8-12-18-19(17)23(29)27(22(18)28)20-15(13(2)3)9-7-10-16(20)14(4)5/h7-14H,6H2,1-5H3,(H2,25,26). The first-order valence-electron chi connectivity index (χ1n) is 10.5. The average molecular weight is 437 g/mol. The van der Waals surface area contributed by atoms with Gasteiger partial charge in [0.15, 0.2) is 5.84 Å². The van der Waals surface area contributed by atoms with Crippen molar-refractivity contribution in [3.05, 3.63) is 64.2 Å². The highest BCUT2D eigenvalue weighted by molar-refractivity contribution is 6.37. The molecule has 2 aromatic rings. The first-order valence-corrected chi connectivity index (χ1v) is 10.5. The molecule has 0 atom stereocenters. The molecule has 0 aliphatic carbocycles. The van der Waals surface area contributed by atoms with Crippen LogP contribution in [0.4, 0.5) is 10.5 Å². The maximum atomic E-state index is 13.6. The largest absolute Gasteiger partial charge is 0.535 e. The first kappa shape index (κ1) is 23.0. The number of fused-ring (bicyclic) bond motifs is 1. The van der Waals surface area contributed by atoms with Crippen molar-refractivity contribution in [1.29, 1.82) is 0 Å². The van der Waals surface area contributed by atoms with E-state index in [0.717, 1.165) is 11.1 Å². The van der Waals surface area contributed by atoms with Crippen molar-refractivity contribution in [2.24, 2.45) is 10.9 Å². The summed E-state index contributed by atoms with van der Waals surface area (Å²) in [4.78, 5) is 44.3. The third kappa shape index (κ3) is 4.08. The highest BCUT2D eigenvalue weighted by atomic mass is 16.8. The number of nitrogens with zero attached hydrogens (tertiary/aromatic N) is 2. The summed E-state index contributed by atoms with van der Waals surface area (Å²) < 4.78 is 4.65. The lowest BCUT2D eigenvalue weighted by Crippen LogP contribution is -2.32. The number of amidine groups is 1. The van der Waals surface area contributed by atoms with Crippen LogP contribution < -0.4 is 10.6 Å². The molecule has 8 nitrogen and oxygen atoms in total. The number of carbonyl (C=O) groups is 3. The maximum absolute atomic E-state index is 13.6. The van der Waals surface area contributed by atoms with E-state index in [0.29, 0.717) is 5.69 Å². The fourth-order valence-electron chi connectivity index (χ4n) is 3.75. The summed E-state index contributed by atoms with van der Waals surface area (Å²) in [6, 6.07) is 10.5. The third-order valence-electron chi connectivity index (χ3n) is 5.24. The van der Waals surface area contributed by atoms with Crippen molar-refractivity contribution in [2.75, 3.05) is 11.5 Å². The van der Waals surface area contributed by atoms with Crippen molar-refractivity contribution >= 4 is 29.5 Å². The maximum Gasteiger partial charge on any atom is 0.535 e. The zero-order chi connectivity index (χ0) is 23.6. The van der Waals surface area contributed by atoms with Crippen molar-refractivity contribution in [3.63, 3.8) is 0 Å². The molecule has 0 radical (unpaired) electrons. The lowest BCUT2D eigenvalue weighted by Gasteiger charge is -2.25. The van der Waals surface area contributed by atoms with E-state index in [1.165, 1.54) is 4.90 Å². The molecule has 0 aromatic heterocycles. The normalized spacial score (nSPS) is 13.7. The molecule has 0 saturated carbocycles. The molecule has 0 fully saturated rings. The molecule has 0 saturated heterocycles. The topological polar surface area (TPSA) is 111 Å². The van der Waals surface area contributed by atoms with Gasteiger partial charge >= 0.3 is 6.16 Å². The van der Waals surface area contributed by atoms with Crippen molar-refractivity contribution in [2.45, 2.75) is 46.5 Å². The number of imide groups is 1. The van der Waals surface area contributed by atoms with Crippen LogP contribution in [-0.4, -0.2) is 30.4 Å². The van der Waals surface area contributed by atoms with Gasteiger partial charge in [0.25, 0.3) is 11.8 Å². The molecular weight excluding hydrogens is 410 g/mol. The van der Waals surface area contributed by atoms with E-state index < -0.39 is 18.0 Å². The predicted molar refractivity (Wildman–Crippen MR) is 121 cm³/mol. The Morgan fingerprint density at radius 1 is 1.00 bits per heavy atom. The summed E-state index contributed by atoms with van der Waals surface area (Å²) in [5.74, 6) is -0.945. The molecule has 1 aliphatic heterocycles. The minimum absolute atomic E-state index is 0.0945. The van der Waals surface area contributed by atoms with Crippen LogP contribution >= 0.6 is 0 Å². The fourth-order valence-corrected chi connectivity index (χ4v) is 3.75. The molecule has 1 aliphatic rings. The van der Waals surface area contributed by atoms with Crippen LogP contribution in [-0.2, 0) is 9.57 Å². The summed E-state index contributed by atoms with van der Waals surface area (Å²) in [5, 5.41) is 3.58. The molecule has 8 heteroatoms. The molecular formula is C24H27N3O5. The van der Waals surface area contributed by atoms with Crippen LogP contribution in [0.2, 0.25) is 0 Å². The van der Waals surface area contributed by atoms with Crippen LogP contribution in [0.3, 0.4) is 0 Å². The Labute approximate surface area is 187 Å². The highest BCUT2D eigenvalue weighted by Crippen LogP contribution is 2.40. The number of carbonyl (C=O) groups excluding carboxylic acids is 3. The van der Waals surface area contributed by atoms with Crippen molar-refractivity contribution < 1.29 is 24.0 Å². The van der Waals surface area contributed by atoms with Gasteiger partial charge in [-0.2, -0.15) is 0 Å². The SMILES string of the molecule is CCOC(=O)O/N=C(\N)c1cccc2c1C(=O)N(c1c(C(C)C)cccc1C(C)C)C2=O. The number of amides is 2. The van der Waals surface area contributed by atoms with Crippen LogP contribution in [0.25, 0.3) is 0 Å². The second-order valence-electron chi connectivity index (χ2n) is 8.02. The summed E-state index contributed by atoms with van der Waals surface area (Å²) in [6.07, 6.45) is -1.01. The van der Waals surface area contributed by atoms with Crippen LogP contribution in [0.5, 0.6) is 0 Å². The lowest BCUT2D eigenvalue weighted by molar-refractivity contribution is 0.0612. The van der Waals surface area contributed by atoms with Gasteiger partial charge in [-0.15, -0.1) is 0 Å². The number of ether oxygens (including phenoxy) is 1. The molecule has 2 N–H and O–H groups in total. The van der Waals surface area contributed by atoms with E-state index in [2.05, 4.69) is 14.7 Å². The van der Waals surface area contributed by atoms with E-state index in [1.807, 2.05) is 45.9 Å². The summed E-state index contributed by atoms with van der Waals surface area (Å²) >= 11 is 0. The van der Waals surface area contributed by atoms with Gasteiger partial charge < -0.3 is 10.5 Å². The van der Waals surface area contributed by atoms with Crippen LogP contribution in [0.1, 0.15) is 83.9 Å². The molecule has 0 bridgehead atoms. The Bertz CT molecular complexity index is 1080. The number of rotatable bonds is 6. The van der Waals surface area contributed by atoms with Gasteiger partial charge in [0.2, 0.25) is 0 Å². The molecule has 32 heavy (non-hydrogen) atoms. The highest BCUT2D eigenvalue weighted by Gasteiger charge is 2.41. The Balaban J connectivity index is 2.11. The van der Waals surface area contributed by atoms with E-state index in [1.54, 1.807) is 25.1 Å². The minimum Gasteiger partial charge on any atom is -0.433 e. The van der Waals surface area contributed by atoms with Crippen molar-refractivity contribution in [1.82, 2.24) is 0 Å². The van der Waals surface area contributed by atoms with Gasteiger partial charge in [-0.1, -0.05) is 63.2 Å². The van der Waals surface area contributed by atoms with Crippen molar-refractivity contribution in [3.8, 4) is 0 Å². The second-order valence-corrected chi connectivity index (χ2v) is 8.02. The van der Waals surface area contributed by atoms with E-state index >= 15 is 0 Å². The Morgan fingerprint density at radius 3 is 2.16 bits per heavy atom. The number of hydrogen-bond acceptors (Lipinski definition) is 6. The first-order chi connectivity index (χ1) is 15.2. The summed E-state index contributed by atoms with van der Waals surface area (Å²) in [5.41, 5.74) is 8.96. The number of hydrogen-bond donors (Lipinski definition) is 1. The van der Waals surface area contributed by atoms with Gasteiger partial charge in [0, 0.05) is 5.56 Å². The zero-order valence-electron chi connectivity index (χ0n) is 18.8. The van der Waals surface area contributed by atoms with Gasteiger partial charge in [-0.3, -0.25) is 14.4 Å². The molecule has 0 spiro atoms. The van der Waals surface area contributed by atoms with Crippen LogP contribution in [0.15, 0.2) is 41.6 Å². The zero-order valence-corrected chi connectivity index (χ0v) is 18.8. The smallest absolute Gasteiger partial charge is 0.433 e. The quantitative estimate of drug-likeness (QED) is 0.177. The number of benzene rings is 2. The van der Waals surface area contributed by atoms with Crippen LogP contribution in [0, 0.1) is 0 Å². The predicted octanol–water partition coefficient (Wildman–Crippen LogP) is 4.53. The number of oxime groups is 1. The summed E-state index contributed by atoms with van der Waals surface area (Å²) in [6.45, 7) is 9.81. The van der Waals surface area contributed by atoms with E-state index in [4.69, 9.17) is 5.73 Å². The van der Waals surface area contributed by atoms with Gasteiger partial charge in [0.05, 0.1) is 23.4 Å². The molecule has 1 heterocycles. The Hall–Kier alpha value is -3.68. The van der Waals surface area contributed by atoms with Gasteiger partial charge in [0.1, 0.15) is 0 Å². The van der Waals surface area contributed by atoms with Gasteiger partial charge in [-0.25, -0.2) is 9.69 Å². The van der Waals surface area contributed by atoms with E-state index in [9.17, 15) is 14.4 Å². The number of anilines is 1. The molecule has 3 rings (SSSR count). The Kier molecular flexibility index (Phi) is 6.62. The summed E-state index contributed by atoms with van der Waals surface area (Å²) in [7, 11) is 0.